The molecule has 2 rings (SSSR count). The third kappa shape index (κ3) is 3.44. The Morgan fingerprint density at radius 1 is 1.29 bits per heavy atom. The van der Waals surface area contributed by atoms with Crippen molar-refractivity contribution in [2.75, 3.05) is 13.2 Å². The zero-order valence-electron chi connectivity index (χ0n) is 9.94. The highest BCUT2D eigenvalue weighted by Crippen LogP contribution is 2.30. The maximum absolute atomic E-state index is 10.4. The van der Waals surface area contributed by atoms with E-state index in [4.69, 9.17) is 16.3 Å². The highest BCUT2D eigenvalue weighted by Gasteiger charge is 2.26. The molecule has 1 aliphatic heterocycles. The number of ether oxygens (including phenoxy) is 1. The third-order valence-corrected chi connectivity index (χ3v) is 3.75. The Hall–Kier alpha value is -0.570. The predicted octanol–water partition coefficient (Wildman–Crippen LogP) is 3.17. The Balaban J connectivity index is 2.12. The van der Waals surface area contributed by atoms with Crippen LogP contribution >= 0.6 is 11.6 Å². The largest absolute Gasteiger partial charge is 0.388 e. The number of hydrogen-bond donors (Lipinski definition) is 1. The SMILES string of the molecule is OC(C1=C/C=C\CC/C=C\1Cl)C1CCOCC1. The van der Waals surface area contributed by atoms with Crippen LogP contribution in [0.2, 0.25) is 0 Å². The van der Waals surface area contributed by atoms with Crippen molar-refractivity contribution in [2.24, 2.45) is 5.92 Å². The molecular formula is C14H19ClO2. The van der Waals surface area contributed by atoms with Gasteiger partial charge in [-0.25, -0.2) is 0 Å². The highest BCUT2D eigenvalue weighted by atomic mass is 35.5. The quantitative estimate of drug-likeness (QED) is 0.820. The minimum atomic E-state index is -0.467. The normalized spacial score (nSPS) is 32.6. The minimum Gasteiger partial charge on any atom is -0.388 e. The second kappa shape index (κ2) is 6.39. The summed E-state index contributed by atoms with van der Waals surface area (Å²) in [6.45, 7) is 1.48. The fourth-order valence-corrected chi connectivity index (χ4v) is 2.58. The van der Waals surface area contributed by atoms with Crippen LogP contribution in [0, 0.1) is 5.92 Å². The lowest BCUT2D eigenvalue weighted by Crippen LogP contribution is -2.29. The predicted molar refractivity (Wildman–Crippen MR) is 69.9 cm³/mol. The van der Waals surface area contributed by atoms with Crippen molar-refractivity contribution in [1.29, 1.82) is 0 Å². The van der Waals surface area contributed by atoms with Gasteiger partial charge in [0.2, 0.25) is 0 Å². The Labute approximate surface area is 108 Å². The molecule has 0 bridgehead atoms. The van der Waals surface area contributed by atoms with Gasteiger partial charge in [0.1, 0.15) is 0 Å². The van der Waals surface area contributed by atoms with E-state index >= 15 is 0 Å². The molecule has 0 aromatic carbocycles. The van der Waals surface area contributed by atoms with Crippen LogP contribution in [0.25, 0.3) is 0 Å². The first-order valence-electron chi connectivity index (χ1n) is 6.27. The van der Waals surface area contributed by atoms with Crippen LogP contribution in [-0.4, -0.2) is 24.4 Å². The topological polar surface area (TPSA) is 29.5 Å². The van der Waals surface area contributed by atoms with Gasteiger partial charge in [-0.05, 0) is 37.2 Å². The van der Waals surface area contributed by atoms with Crippen molar-refractivity contribution in [1.82, 2.24) is 0 Å². The van der Waals surface area contributed by atoms with Gasteiger partial charge >= 0.3 is 0 Å². The number of aliphatic hydroxyl groups is 1. The van der Waals surface area contributed by atoms with Crippen LogP contribution < -0.4 is 0 Å². The Morgan fingerprint density at radius 3 is 2.82 bits per heavy atom. The molecule has 2 nitrogen and oxygen atoms in total. The Morgan fingerprint density at radius 2 is 2.06 bits per heavy atom. The summed E-state index contributed by atoms with van der Waals surface area (Å²) >= 11 is 6.24. The molecule has 1 N–H and O–H groups in total. The molecule has 1 unspecified atom stereocenters. The number of aliphatic hydroxyl groups excluding tert-OH is 1. The summed E-state index contributed by atoms with van der Waals surface area (Å²) < 4.78 is 5.32. The lowest BCUT2D eigenvalue weighted by atomic mass is 9.88. The molecule has 1 aliphatic carbocycles. The van der Waals surface area contributed by atoms with Gasteiger partial charge in [0, 0.05) is 18.2 Å². The second-order valence-electron chi connectivity index (χ2n) is 4.57. The molecule has 1 heterocycles. The van der Waals surface area contributed by atoms with Crippen LogP contribution in [0.1, 0.15) is 25.7 Å². The van der Waals surface area contributed by atoms with E-state index in [1.165, 1.54) is 0 Å². The molecule has 2 aliphatic rings. The van der Waals surface area contributed by atoms with Gasteiger partial charge in [0.15, 0.2) is 0 Å². The van der Waals surface area contributed by atoms with Crippen molar-refractivity contribution in [3.05, 3.63) is 34.9 Å². The molecule has 94 valence electrons. The van der Waals surface area contributed by atoms with Gasteiger partial charge in [-0.2, -0.15) is 0 Å². The average Bonchev–Trinajstić information content (AvgIpc) is 2.35. The lowest BCUT2D eigenvalue weighted by molar-refractivity contribution is 0.0220. The van der Waals surface area contributed by atoms with Gasteiger partial charge < -0.3 is 9.84 Å². The molecule has 0 amide bonds. The molecule has 3 heteroatoms. The van der Waals surface area contributed by atoms with Crippen molar-refractivity contribution in [3.8, 4) is 0 Å². The zero-order chi connectivity index (χ0) is 12.1. The minimum absolute atomic E-state index is 0.268. The monoisotopic (exact) mass is 254 g/mol. The fraction of sp³-hybridized carbons (Fsp3) is 0.571. The number of halogens is 1. The van der Waals surface area contributed by atoms with Crippen molar-refractivity contribution in [2.45, 2.75) is 31.8 Å². The maximum atomic E-state index is 10.4. The lowest BCUT2D eigenvalue weighted by Gasteiger charge is -2.28. The first-order valence-corrected chi connectivity index (χ1v) is 6.65. The maximum Gasteiger partial charge on any atom is 0.0834 e. The van der Waals surface area contributed by atoms with Crippen LogP contribution in [0.5, 0.6) is 0 Å². The molecule has 0 saturated carbocycles. The molecule has 0 radical (unpaired) electrons. The highest BCUT2D eigenvalue weighted by molar-refractivity contribution is 6.32. The van der Waals surface area contributed by atoms with E-state index in [1.54, 1.807) is 0 Å². The summed E-state index contributed by atoms with van der Waals surface area (Å²) in [5, 5.41) is 11.1. The summed E-state index contributed by atoms with van der Waals surface area (Å²) in [6.07, 6.45) is 11.3. The number of hydrogen-bond acceptors (Lipinski definition) is 2. The number of rotatable bonds is 2. The molecule has 1 fully saturated rings. The van der Waals surface area contributed by atoms with E-state index in [0.717, 1.165) is 44.5 Å². The third-order valence-electron chi connectivity index (χ3n) is 3.38. The van der Waals surface area contributed by atoms with Crippen LogP contribution in [-0.2, 0) is 4.74 Å². The van der Waals surface area contributed by atoms with E-state index in [-0.39, 0.29) is 5.92 Å². The summed E-state index contributed by atoms with van der Waals surface area (Å²) in [5.41, 5.74) is 0.856. The van der Waals surface area contributed by atoms with Gasteiger partial charge in [-0.3, -0.25) is 0 Å². The standard InChI is InChI=1S/C14H19ClO2/c15-13-6-4-2-1-3-5-12(13)14(16)11-7-9-17-10-8-11/h1,3,5-6,11,14,16H,2,4,7-10H2/b3-1-,12-5+,13-6+. The van der Waals surface area contributed by atoms with Gasteiger partial charge in [0.25, 0.3) is 0 Å². The molecule has 1 atom stereocenters. The summed E-state index contributed by atoms with van der Waals surface area (Å²) in [7, 11) is 0. The Bertz CT molecular complexity index is 338. The molecular weight excluding hydrogens is 236 g/mol. The summed E-state index contributed by atoms with van der Waals surface area (Å²) in [6, 6.07) is 0. The molecule has 17 heavy (non-hydrogen) atoms. The van der Waals surface area contributed by atoms with Gasteiger partial charge in [-0.15, -0.1) is 0 Å². The number of allylic oxidation sites excluding steroid dienone is 4. The van der Waals surface area contributed by atoms with E-state index in [0.29, 0.717) is 5.03 Å². The van der Waals surface area contributed by atoms with Crippen LogP contribution in [0.4, 0.5) is 0 Å². The smallest absolute Gasteiger partial charge is 0.0834 e. The van der Waals surface area contributed by atoms with Crippen molar-refractivity contribution >= 4 is 11.6 Å². The summed E-state index contributed by atoms with van der Waals surface area (Å²) in [4.78, 5) is 0. The fourth-order valence-electron chi connectivity index (χ4n) is 2.30. The van der Waals surface area contributed by atoms with E-state index in [2.05, 4.69) is 6.08 Å². The van der Waals surface area contributed by atoms with Crippen molar-refractivity contribution < 1.29 is 9.84 Å². The van der Waals surface area contributed by atoms with E-state index in [1.807, 2.05) is 18.2 Å². The van der Waals surface area contributed by atoms with Gasteiger partial charge in [0.05, 0.1) is 6.10 Å². The molecule has 0 aromatic rings. The molecule has 0 aromatic heterocycles. The van der Waals surface area contributed by atoms with Crippen LogP contribution in [0.15, 0.2) is 34.9 Å². The zero-order valence-corrected chi connectivity index (χ0v) is 10.7. The van der Waals surface area contributed by atoms with Crippen LogP contribution in [0.3, 0.4) is 0 Å². The van der Waals surface area contributed by atoms with Gasteiger partial charge in [-0.1, -0.05) is 35.9 Å². The Kier molecular flexibility index (Phi) is 4.84. The van der Waals surface area contributed by atoms with Crippen molar-refractivity contribution in [3.63, 3.8) is 0 Å². The molecule has 1 saturated heterocycles. The summed E-state index contributed by atoms with van der Waals surface area (Å²) in [5.74, 6) is 0.268. The molecule has 0 spiro atoms. The first kappa shape index (κ1) is 12.9. The second-order valence-corrected chi connectivity index (χ2v) is 4.98. The van der Waals surface area contributed by atoms with E-state index < -0.39 is 6.10 Å². The van der Waals surface area contributed by atoms with E-state index in [9.17, 15) is 5.11 Å². The first-order chi connectivity index (χ1) is 8.29. The average molecular weight is 255 g/mol.